The van der Waals surface area contributed by atoms with Crippen LogP contribution in [0.25, 0.3) is 0 Å². The highest BCUT2D eigenvalue weighted by molar-refractivity contribution is 9.10. The van der Waals surface area contributed by atoms with E-state index in [1.54, 1.807) is 6.92 Å². The Morgan fingerprint density at radius 2 is 1.88 bits per heavy atom. The van der Waals surface area contributed by atoms with Gasteiger partial charge in [-0.15, -0.1) is 0 Å². The molecule has 0 fully saturated rings. The van der Waals surface area contributed by atoms with Gasteiger partial charge in [0.2, 0.25) is 18.3 Å². The van der Waals surface area contributed by atoms with Gasteiger partial charge in [-0.3, -0.25) is 4.79 Å². The van der Waals surface area contributed by atoms with Gasteiger partial charge in [0.15, 0.2) is 23.3 Å². The molecule has 2 atom stereocenters. The number of hydrogen-bond donors (Lipinski definition) is 1. The van der Waals surface area contributed by atoms with E-state index >= 15 is 0 Å². The topological polar surface area (TPSA) is 100.0 Å². The van der Waals surface area contributed by atoms with E-state index in [0.29, 0.717) is 38.6 Å². The summed E-state index contributed by atoms with van der Waals surface area (Å²) in [6.45, 7) is 1.82. The van der Waals surface area contributed by atoms with Crippen molar-refractivity contribution in [1.82, 2.24) is 5.43 Å². The van der Waals surface area contributed by atoms with Crippen molar-refractivity contribution in [3.8, 4) is 23.0 Å². The van der Waals surface area contributed by atoms with Gasteiger partial charge in [0.25, 0.3) is 5.91 Å². The monoisotopic (exact) mass is 507 g/mol. The van der Waals surface area contributed by atoms with Crippen molar-refractivity contribution in [1.29, 1.82) is 0 Å². The van der Waals surface area contributed by atoms with Crippen LogP contribution in [0.2, 0.25) is 0 Å². The van der Waals surface area contributed by atoms with Crippen LogP contribution in [0.3, 0.4) is 0 Å². The highest BCUT2D eigenvalue weighted by Crippen LogP contribution is 2.57. The van der Waals surface area contributed by atoms with E-state index < -0.39 is 17.9 Å². The second-order valence-electron chi connectivity index (χ2n) is 6.90. The first-order valence-corrected chi connectivity index (χ1v) is 10.3. The van der Waals surface area contributed by atoms with E-state index in [0.717, 1.165) is 0 Å². The highest BCUT2D eigenvalue weighted by Gasteiger charge is 2.42. The minimum Gasteiger partial charge on any atom is -0.492 e. The normalized spacial score (nSPS) is 19.0. The Labute approximate surface area is 191 Å². The van der Waals surface area contributed by atoms with Gasteiger partial charge in [-0.1, -0.05) is 24.2 Å². The number of fused-ring (bicyclic) bond motifs is 1. The zero-order valence-electron chi connectivity index (χ0n) is 17.3. The first-order chi connectivity index (χ1) is 15.5. The van der Waals surface area contributed by atoms with Crippen LogP contribution in [0.15, 0.2) is 39.0 Å². The van der Waals surface area contributed by atoms with Gasteiger partial charge in [-0.25, -0.2) is 9.82 Å². The molecule has 0 radical (unpaired) electrons. The van der Waals surface area contributed by atoms with Crippen molar-refractivity contribution in [2.45, 2.75) is 13.0 Å². The predicted octanol–water partition coefficient (Wildman–Crippen LogP) is 3.55. The van der Waals surface area contributed by atoms with Crippen LogP contribution in [0.5, 0.6) is 23.0 Å². The van der Waals surface area contributed by atoms with Gasteiger partial charge in [0.05, 0.1) is 36.4 Å². The number of halogens is 2. The summed E-state index contributed by atoms with van der Waals surface area (Å²) in [7, 11) is 3.00. The molecule has 0 saturated carbocycles. The lowest BCUT2D eigenvalue weighted by Crippen LogP contribution is -2.31. The summed E-state index contributed by atoms with van der Waals surface area (Å²) in [6.07, 6.45) is 0.739. The van der Waals surface area contributed by atoms with Crippen LogP contribution in [0.4, 0.5) is 4.39 Å². The van der Waals surface area contributed by atoms with E-state index in [1.165, 1.54) is 44.7 Å². The molecule has 11 heteroatoms. The van der Waals surface area contributed by atoms with Crippen LogP contribution in [0, 0.1) is 11.7 Å². The minimum atomic E-state index is -0.662. The number of nitrogens with one attached hydrogen (secondary N) is 1. The second-order valence-corrected chi connectivity index (χ2v) is 7.69. The number of hydrazone groups is 1. The number of nitrogens with zero attached hydrogens (tertiary/aromatic N) is 2. The Balaban J connectivity index is 1.55. The molecule has 1 N–H and O–H groups in total. The molecule has 9 nitrogen and oxygen atoms in total. The molecule has 0 unspecified atom stereocenters. The number of carbonyl (C=O) groups is 1. The summed E-state index contributed by atoms with van der Waals surface area (Å²) >= 11 is 3.53. The third kappa shape index (κ3) is 3.83. The fourth-order valence-electron chi connectivity index (χ4n) is 3.45. The summed E-state index contributed by atoms with van der Waals surface area (Å²) in [5.41, 5.74) is 3.76. The third-order valence-corrected chi connectivity index (χ3v) is 5.82. The zero-order chi connectivity index (χ0) is 22.8. The Morgan fingerprint density at radius 3 is 2.53 bits per heavy atom. The van der Waals surface area contributed by atoms with E-state index in [-0.39, 0.29) is 18.3 Å². The van der Waals surface area contributed by atoms with Crippen LogP contribution in [0.1, 0.15) is 24.2 Å². The molecule has 0 bridgehead atoms. The lowest BCUT2D eigenvalue weighted by molar-refractivity contribution is -0.115. The number of methoxy groups -OCH3 is 2. The van der Waals surface area contributed by atoms with E-state index in [9.17, 15) is 9.18 Å². The Bertz CT molecular complexity index is 1110. The molecule has 2 aromatic carbocycles. The maximum absolute atomic E-state index is 13.0. The number of amides is 1. The Hall–Kier alpha value is -3.34. The van der Waals surface area contributed by atoms with Gasteiger partial charge in [-0.05, 0) is 33.6 Å². The SMILES string of the molecule is COc1c(Br)c([C@H]2ON=C(C(=O)N/N=C\c3ccc(F)cc3)[C@@H]2C)c(OC)c2c1OCO2. The first kappa shape index (κ1) is 21.9. The Morgan fingerprint density at radius 1 is 1.22 bits per heavy atom. The number of rotatable bonds is 6. The largest absolute Gasteiger partial charge is 0.492 e. The molecule has 2 aromatic rings. The fourth-order valence-corrected chi connectivity index (χ4v) is 4.20. The molecule has 2 aliphatic heterocycles. The molecule has 1 amide bonds. The van der Waals surface area contributed by atoms with Crippen molar-refractivity contribution in [2.24, 2.45) is 16.2 Å². The van der Waals surface area contributed by atoms with E-state index in [1.807, 2.05) is 0 Å². The van der Waals surface area contributed by atoms with Crippen LogP contribution < -0.4 is 24.4 Å². The van der Waals surface area contributed by atoms with Gasteiger partial charge in [0, 0.05) is 0 Å². The molecule has 4 rings (SSSR count). The molecule has 0 spiro atoms. The quantitative estimate of drug-likeness (QED) is 0.474. The molecule has 0 saturated heterocycles. The smallest absolute Gasteiger partial charge is 0.289 e. The zero-order valence-corrected chi connectivity index (χ0v) is 18.9. The van der Waals surface area contributed by atoms with Gasteiger partial charge in [0.1, 0.15) is 5.82 Å². The summed E-state index contributed by atoms with van der Waals surface area (Å²) in [4.78, 5) is 18.2. The van der Waals surface area contributed by atoms with Crippen LogP contribution in [-0.2, 0) is 9.63 Å². The molecule has 168 valence electrons. The van der Waals surface area contributed by atoms with E-state index in [4.69, 9.17) is 23.8 Å². The lowest BCUT2D eigenvalue weighted by atomic mass is 9.92. The van der Waals surface area contributed by atoms with Crippen molar-refractivity contribution in [3.63, 3.8) is 0 Å². The van der Waals surface area contributed by atoms with Crippen LogP contribution in [-0.4, -0.2) is 38.8 Å². The van der Waals surface area contributed by atoms with Crippen molar-refractivity contribution >= 4 is 33.8 Å². The number of hydrogen-bond acceptors (Lipinski definition) is 8. The maximum atomic E-state index is 13.0. The summed E-state index contributed by atoms with van der Waals surface area (Å²) in [5.74, 6) is 0.289. The van der Waals surface area contributed by atoms with Crippen molar-refractivity contribution in [3.05, 3.63) is 45.7 Å². The lowest BCUT2D eigenvalue weighted by Gasteiger charge is -2.21. The molecule has 2 heterocycles. The molecule has 2 aliphatic rings. The average Bonchev–Trinajstić information content (AvgIpc) is 3.41. The van der Waals surface area contributed by atoms with Crippen molar-refractivity contribution in [2.75, 3.05) is 21.0 Å². The summed E-state index contributed by atoms with van der Waals surface area (Å²) in [6, 6.07) is 5.68. The summed E-state index contributed by atoms with van der Waals surface area (Å²) in [5, 5.41) is 7.87. The molecule has 32 heavy (non-hydrogen) atoms. The standard InChI is InChI=1S/C21H19BrFN3O6/c1-10-15(21(27)25-24-8-11-4-6-12(23)7-5-11)26-32-16(10)13-14(22)18(29-3)20-19(17(13)28-2)30-9-31-20/h4-8,10,16H,9H2,1-3H3,(H,25,27)/b24-8-/t10-,16-/m0/s1. The Kier molecular flexibility index (Phi) is 6.17. The second kappa shape index (κ2) is 9.03. The number of benzene rings is 2. The van der Waals surface area contributed by atoms with E-state index in [2.05, 4.69) is 31.6 Å². The number of ether oxygens (including phenoxy) is 4. The number of oxime groups is 1. The first-order valence-electron chi connectivity index (χ1n) is 9.51. The van der Waals surface area contributed by atoms with Gasteiger partial charge >= 0.3 is 0 Å². The van der Waals surface area contributed by atoms with Crippen LogP contribution >= 0.6 is 15.9 Å². The summed E-state index contributed by atoms with van der Waals surface area (Å²) < 4.78 is 35.7. The average molecular weight is 508 g/mol. The van der Waals surface area contributed by atoms with Gasteiger partial charge in [-0.2, -0.15) is 5.10 Å². The van der Waals surface area contributed by atoms with Gasteiger partial charge < -0.3 is 23.8 Å². The molecule has 0 aromatic heterocycles. The molecule has 0 aliphatic carbocycles. The fraction of sp³-hybridized carbons (Fsp3) is 0.286. The number of carbonyl (C=O) groups excluding carboxylic acids is 1. The van der Waals surface area contributed by atoms with Crippen molar-refractivity contribution < 1.29 is 33.0 Å². The molecular formula is C21H19BrFN3O6. The minimum absolute atomic E-state index is 0.0231. The third-order valence-electron chi connectivity index (χ3n) is 5.03. The molecular weight excluding hydrogens is 489 g/mol. The predicted molar refractivity (Wildman–Crippen MR) is 116 cm³/mol. The highest BCUT2D eigenvalue weighted by atomic mass is 79.9. The maximum Gasteiger partial charge on any atom is 0.289 e.